The van der Waals surface area contributed by atoms with E-state index in [2.05, 4.69) is 22.8 Å². The van der Waals surface area contributed by atoms with E-state index in [0.29, 0.717) is 11.3 Å². The summed E-state index contributed by atoms with van der Waals surface area (Å²) in [6.07, 6.45) is -4.58. The third-order valence-corrected chi connectivity index (χ3v) is 4.76. The number of benzene rings is 1. The molecule has 1 atom stereocenters. The Labute approximate surface area is 177 Å². The molecule has 1 unspecified atom stereocenters. The molecule has 0 saturated carbocycles. The topological polar surface area (TPSA) is 70.7 Å². The fourth-order valence-corrected chi connectivity index (χ4v) is 3.29. The predicted molar refractivity (Wildman–Crippen MR) is 108 cm³/mol. The lowest BCUT2D eigenvalue weighted by molar-refractivity contribution is -0.139. The van der Waals surface area contributed by atoms with E-state index in [9.17, 15) is 22.8 Å². The van der Waals surface area contributed by atoms with Crippen LogP contribution in [-0.4, -0.2) is 25.7 Å². The summed E-state index contributed by atoms with van der Waals surface area (Å²) in [5.74, 6) is -0.687. The largest absolute Gasteiger partial charge is 0.463 e. The van der Waals surface area contributed by atoms with E-state index in [1.165, 1.54) is 19.1 Å². The smallest absolute Gasteiger partial charge is 0.416 e. The highest BCUT2D eigenvalue weighted by atomic mass is 19.4. The van der Waals surface area contributed by atoms with Gasteiger partial charge in [0.15, 0.2) is 0 Å². The maximum atomic E-state index is 13.2. The summed E-state index contributed by atoms with van der Waals surface area (Å²) < 4.78 is 44.6. The van der Waals surface area contributed by atoms with Gasteiger partial charge >= 0.3 is 18.2 Å². The molecular formula is C22H20F3N3O3. The summed E-state index contributed by atoms with van der Waals surface area (Å²) in [6, 6.07) is 11.9. The maximum Gasteiger partial charge on any atom is 0.416 e. The molecule has 0 fully saturated rings. The molecule has 0 aromatic heterocycles. The molecule has 2 N–H and O–H groups in total. The highest BCUT2D eigenvalue weighted by Gasteiger charge is 2.38. The van der Waals surface area contributed by atoms with Crippen molar-refractivity contribution in [2.24, 2.45) is 0 Å². The molecule has 0 spiro atoms. The van der Waals surface area contributed by atoms with Gasteiger partial charge in [0.05, 0.1) is 35.2 Å². The average molecular weight is 431 g/mol. The first-order valence-corrected chi connectivity index (χ1v) is 9.44. The van der Waals surface area contributed by atoms with Crippen LogP contribution in [0.25, 0.3) is 0 Å². The Morgan fingerprint density at radius 3 is 2.58 bits per heavy atom. The van der Waals surface area contributed by atoms with E-state index in [-0.39, 0.29) is 23.6 Å². The van der Waals surface area contributed by atoms with Gasteiger partial charge in [-0.3, -0.25) is 4.90 Å². The molecule has 1 aliphatic heterocycles. The number of allylic oxidation sites excluding steroid dienone is 1. The highest BCUT2D eigenvalue weighted by Crippen LogP contribution is 2.36. The molecule has 2 amide bonds. The van der Waals surface area contributed by atoms with E-state index < -0.39 is 29.8 Å². The minimum absolute atomic E-state index is 0.0221. The molecule has 1 heterocycles. The van der Waals surface area contributed by atoms with Gasteiger partial charge in [-0.15, -0.1) is 0 Å². The van der Waals surface area contributed by atoms with Crippen LogP contribution >= 0.6 is 0 Å². The van der Waals surface area contributed by atoms with E-state index in [4.69, 9.17) is 4.74 Å². The van der Waals surface area contributed by atoms with E-state index in [0.717, 1.165) is 17.0 Å². The summed E-state index contributed by atoms with van der Waals surface area (Å²) in [5, 5.41) is 5.57. The summed E-state index contributed by atoms with van der Waals surface area (Å²) in [4.78, 5) is 26.7. The van der Waals surface area contributed by atoms with Crippen molar-refractivity contribution >= 4 is 23.4 Å². The lowest BCUT2D eigenvalue weighted by Crippen LogP contribution is -2.48. The standard InChI is InChI=1S/C22H20F3N3O3/c1-4-31-20(29)18-13(2)28(17-7-5-6-15(12-17)22(23,24)25)21(30)27-19(18)14-8-10-16(26-3)11-9-14/h5-8,10,12,19,26H,4H2,1-3H3,(H,27,30). The number of hydrogen-bond donors (Lipinski definition) is 2. The first-order chi connectivity index (χ1) is 14.7. The monoisotopic (exact) mass is 431 g/mol. The Hall–Kier alpha value is -3.67. The van der Waals surface area contributed by atoms with Gasteiger partial charge in [0.25, 0.3) is 0 Å². The molecule has 0 aliphatic carbocycles. The molecule has 162 valence electrons. The number of nitrogens with one attached hydrogen (secondary N) is 2. The van der Waals surface area contributed by atoms with Gasteiger partial charge in [-0.05, 0) is 50.2 Å². The number of urea groups is 1. The summed E-state index contributed by atoms with van der Waals surface area (Å²) in [7, 11) is 1.71. The molecule has 0 bridgehead atoms. The van der Waals surface area contributed by atoms with Crippen molar-refractivity contribution in [3.05, 3.63) is 70.9 Å². The number of hydrogen-bond acceptors (Lipinski definition) is 4. The van der Waals surface area contributed by atoms with Crippen molar-refractivity contribution in [3.8, 4) is 0 Å². The van der Waals surface area contributed by atoms with Crippen LogP contribution in [0.15, 0.2) is 47.7 Å². The van der Waals surface area contributed by atoms with Gasteiger partial charge in [0, 0.05) is 18.3 Å². The molecule has 3 rings (SSSR count). The number of amides is 2. The number of halogens is 3. The lowest BCUT2D eigenvalue weighted by Gasteiger charge is -2.35. The second kappa shape index (κ2) is 8.60. The fourth-order valence-electron chi connectivity index (χ4n) is 3.29. The molecule has 9 heteroatoms. The van der Waals surface area contributed by atoms with Crippen molar-refractivity contribution in [1.82, 2.24) is 5.32 Å². The highest BCUT2D eigenvalue weighted by molar-refractivity contribution is 6.03. The quantitative estimate of drug-likeness (QED) is 0.686. The van der Waals surface area contributed by atoms with Crippen LogP contribution in [0.1, 0.15) is 31.0 Å². The normalized spacial score (nSPS) is 16.5. The van der Waals surface area contributed by atoms with Crippen molar-refractivity contribution in [2.75, 3.05) is 23.9 Å². The number of alkyl halides is 3. The Morgan fingerprint density at radius 2 is 2.00 bits per heavy atom. The van der Waals surface area contributed by atoms with Crippen molar-refractivity contribution < 1.29 is 27.5 Å². The van der Waals surface area contributed by atoms with Gasteiger partial charge < -0.3 is 15.4 Å². The van der Waals surface area contributed by atoms with Crippen LogP contribution in [0.5, 0.6) is 0 Å². The zero-order valence-corrected chi connectivity index (χ0v) is 17.1. The van der Waals surface area contributed by atoms with E-state index in [1.807, 2.05) is 0 Å². The number of rotatable bonds is 5. The lowest BCUT2D eigenvalue weighted by atomic mass is 9.95. The number of nitrogens with zero attached hydrogens (tertiary/aromatic N) is 1. The summed E-state index contributed by atoms with van der Waals surface area (Å²) in [5.41, 5.74) is 0.453. The molecule has 0 radical (unpaired) electrons. The minimum atomic E-state index is -4.58. The number of carbonyl (C=O) groups excluding carboxylic acids is 2. The van der Waals surface area contributed by atoms with Crippen molar-refractivity contribution in [2.45, 2.75) is 26.1 Å². The molecule has 31 heavy (non-hydrogen) atoms. The third-order valence-electron chi connectivity index (χ3n) is 4.76. The Morgan fingerprint density at radius 1 is 1.26 bits per heavy atom. The second-order valence-corrected chi connectivity index (χ2v) is 6.69. The number of carbonyl (C=O) groups is 2. The van der Waals surface area contributed by atoms with Crippen LogP contribution in [0.3, 0.4) is 0 Å². The summed E-state index contributed by atoms with van der Waals surface area (Å²) in [6.45, 7) is 3.22. The van der Waals surface area contributed by atoms with Gasteiger partial charge in [-0.25, -0.2) is 9.59 Å². The molecular weight excluding hydrogens is 411 g/mol. The Bertz CT molecular complexity index is 1020. The molecule has 6 nitrogen and oxygen atoms in total. The number of esters is 1. The number of anilines is 2. The first-order valence-electron chi connectivity index (χ1n) is 9.44. The molecule has 0 saturated heterocycles. The average Bonchev–Trinajstić information content (AvgIpc) is 2.73. The zero-order valence-electron chi connectivity index (χ0n) is 17.1. The van der Waals surface area contributed by atoms with Crippen LogP contribution in [0.4, 0.5) is 29.3 Å². The van der Waals surface area contributed by atoms with Gasteiger partial charge in [-0.1, -0.05) is 12.1 Å². The maximum absolute atomic E-state index is 13.2. The van der Waals surface area contributed by atoms with E-state index >= 15 is 0 Å². The third kappa shape index (κ3) is 4.43. The van der Waals surface area contributed by atoms with Crippen LogP contribution in [0, 0.1) is 12.1 Å². The molecule has 2 aromatic rings. The van der Waals surface area contributed by atoms with Crippen LogP contribution < -0.4 is 15.5 Å². The fraction of sp³-hybridized carbons (Fsp3) is 0.273. The number of ether oxygens (including phenoxy) is 1. The predicted octanol–water partition coefficient (Wildman–Crippen LogP) is 4.46. The SMILES string of the molecule is CCOC(=O)C1=C(C)N(c2cccc(C(F)(F)F)c2)C(=O)NC1c1c#cc(NC)cc1. The van der Waals surface area contributed by atoms with Crippen molar-refractivity contribution in [1.29, 1.82) is 0 Å². The van der Waals surface area contributed by atoms with Gasteiger partial charge in [-0.2, -0.15) is 13.2 Å². The van der Waals surface area contributed by atoms with Crippen molar-refractivity contribution in [3.63, 3.8) is 0 Å². The van der Waals surface area contributed by atoms with Crippen LogP contribution in [0.2, 0.25) is 0 Å². The van der Waals surface area contributed by atoms with Gasteiger partial charge in [0.1, 0.15) is 0 Å². The second-order valence-electron chi connectivity index (χ2n) is 6.69. The first kappa shape index (κ1) is 22.0. The summed E-state index contributed by atoms with van der Waals surface area (Å²) >= 11 is 0. The zero-order chi connectivity index (χ0) is 22.8. The van der Waals surface area contributed by atoms with Gasteiger partial charge in [0.2, 0.25) is 0 Å². The minimum Gasteiger partial charge on any atom is -0.463 e. The van der Waals surface area contributed by atoms with E-state index in [1.54, 1.807) is 26.1 Å². The Balaban J connectivity index is 2.12. The molecule has 1 aliphatic rings. The Kier molecular flexibility index (Phi) is 6.11. The molecule has 2 aromatic carbocycles. The van der Waals surface area contributed by atoms with Crippen LogP contribution in [-0.2, 0) is 15.7 Å².